The maximum absolute atomic E-state index is 12.6. The second-order valence-electron chi connectivity index (χ2n) is 10.5. The molecule has 0 aromatic carbocycles. The van der Waals surface area contributed by atoms with Gasteiger partial charge in [-0.05, 0) is 75.0 Å². The van der Waals surface area contributed by atoms with Crippen molar-refractivity contribution < 1.29 is 23.9 Å². The summed E-state index contributed by atoms with van der Waals surface area (Å²) in [5.41, 5.74) is 1.00. The molecular formula is C25H36O5. The summed E-state index contributed by atoms with van der Waals surface area (Å²) in [4.78, 5) is 35.5. The van der Waals surface area contributed by atoms with E-state index in [1.54, 1.807) is 0 Å². The van der Waals surface area contributed by atoms with Crippen LogP contribution in [0.25, 0.3) is 0 Å². The molecule has 0 N–H and O–H groups in total. The van der Waals surface area contributed by atoms with Crippen LogP contribution in [0.2, 0.25) is 0 Å². The Hall–Kier alpha value is -1.65. The van der Waals surface area contributed by atoms with Crippen LogP contribution in [0.5, 0.6) is 0 Å². The molecule has 5 nitrogen and oxygen atoms in total. The minimum atomic E-state index is -0.375. The third-order valence-electron chi connectivity index (χ3n) is 9.20. The van der Waals surface area contributed by atoms with Crippen LogP contribution in [-0.4, -0.2) is 30.4 Å². The summed E-state index contributed by atoms with van der Waals surface area (Å²) in [6.45, 7) is 7.40. The Balaban J connectivity index is 1.58. The predicted molar refractivity (Wildman–Crippen MR) is 112 cm³/mol. The average Bonchev–Trinajstić information content (AvgIpc) is 3.04. The van der Waals surface area contributed by atoms with E-state index in [0.717, 1.165) is 44.9 Å². The van der Waals surface area contributed by atoms with Crippen LogP contribution in [0.1, 0.15) is 79.1 Å². The Kier molecular flexibility index (Phi) is 5.61. The molecule has 3 saturated carbocycles. The van der Waals surface area contributed by atoms with Gasteiger partial charge in [-0.3, -0.25) is 9.59 Å². The van der Waals surface area contributed by atoms with Crippen LogP contribution in [0, 0.1) is 34.5 Å². The zero-order valence-electron chi connectivity index (χ0n) is 18.8. The number of fused-ring (bicyclic) bond motifs is 5. The monoisotopic (exact) mass is 416 g/mol. The van der Waals surface area contributed by atoms with E-state index in [9.17, 15) is 14.4 Å². The maximum Gasteiger partial charge on any atom is 0.302 e. The van der Waals surface area contributed by atoms with Crippen LogP contribution in [-0.2, 0) is 23.9 Å². The number of rotatable bonds is 4. The summed E-state index contributed by atoms with van der Waals surface area (Å²) in [6, 6.07) is 0. The van der Waals surface area contributed by atoms with E-state index in [4.69, 9.17) is 9.47 Å². The molecule has 0 radical (unpaired) electrons. The fraction of sp³-hybridized carbons (Fsp3) is 0.800. The summed E-state index contributed by atoms with van der Waals surface area (Å²) in [5.74, 6) is 1.43. The van der Waals surface area contributed by atoms with E-state index in [2.05, 4.69) is 13.0 Å². The van der Waals surface area contributed by atoms with Gasteiger partial charge in [-0.15, -0.1) is 0 Å². The SMILES string of the molecule is CC(=O)OC(C)[C@H]1CC[C@H]2[C@@H]3CC=C4C[C@@H](OC(C)=O)CC[C@]4(C=O)[C@H]3CC[C@]12C. The molecule has 0 saturated heterocycles. The highest BCUT2D eigenvalue weighted by Crippen LogP contribution is 2.66. The molecule has 0 aromatic heterocycles. The quantitative estimate of drug-likeness (QED) is 0.380. The van der Waals surface area contributed by atoms with Crippen LogP contribution >= 0.6 is 0 Å². The van der Waals surface area contributed by atoms with Crippen LogP contribution < -0.4 is 0 Å². The number of hydrogen-bond donors (Lipinski definition) is 0. The van der Waals surface area contributed by atoms with Crippen molar-refractivity contribution in [3.8, 4) is 0 Å². The molecular weight excluding hydrogens is 380 g/mol. The summed E-state index contributed by atoms with van der Waals surface area (Å²) in [5, 5.41) is 0. The van der Waals surface area contributed by atoms with E-state index < -0.39 is 0 Å². The number of hydrogen-bond acceptors (Lipinski definition) is 5. The molecule has 3 fully saturated rings. The van der Waals surface area contributed by atoms with Gasteiger partial charge < -0.3 is 14.3 Å². The van der Waals surface area contributed by atoms with E-state index in [-0.39, 0.29) is 35.0 Å². The molecule has 0 aromatic rings. The molecule has 4 aliphatic rings. The van der Waals surface area contributed by atoms with Gasteiger partial charge in [0.15, 0.2) is 0 Å². The number of carbonyl (C=O) groups excluding carboxylic acids is 3. The Labute approximate surface area is 179 Å². The molecule has 0 spiro atoms. The van der Waals surface area contributed by atoms with Gasteiger partial charge in [0, 0.05) is 26.2 Å². The molecule has 8 atom stereocenters. The molecule has 0 heterocycles. The van der Waals surface area contributed by atoms with E-state index in [1.807, 2.05) is 6.92 Å². The third-order valence-corrected chi connectivity index (χ3v) is 9.20. The average molecular weight is 417 g/mol. The second kappa shape index (κ2) is 7.80. The van der Waals surface area contributed by atoms with Gasteiger partial charge in [0.05, 0.1) is 5.41 Å². The zero-order valence-corrected chi connectivity index (χ0v) is 18.8. The fourth-order valence-corrected chi connectivity index (χ4v) is 8.04. The smallest absolute Gasteiger partial charge is 0.302 e. The molecule has 166 valence electrons. The van der Waals surface area contributed by atoms with Crippen molar-refractivity contribution in [2.45, 2.75) is 91.3 Å². The number of ether oxygens (including phenoxy) is 2. The van der Waals surface area contributed by atoms with Gasteiger partial charge in [-0.25, -0.2) is 0 Å². The summed E-state index contributed by atoms with van der Waals surface area (Å²) >= 11 is 0. The van der Waals surface area contributed by atoms with Gasteiger partial charge in [0.2, 0.25) is 0 Å². The van der Waals surface area contributed by atoms with Crippen molar-refractivity contribution in [2.75, 3.05) is 0 Å². The third kappa shape index (κ3) is 3.33. The number of esters is 2. The maximum atomic E-state index is 12.6. The van der Waals surface area contributed by atoms with Crippen molar-refractivity contribution in [2.24, 2.45) is 34.5 Å². The first-order valence-corrected chi connectivity index (χ1v) is 11.7. The highest BCUT2D eigenvalue weighted by atomic mass is 16.5. The first-order chi connectivity index (χ1) is 14.2. The van der Waals surface area contributed by atoms with Crippen molar-refractivity contribution >= 4 is 18.2 Å². The lowest BCUT2D eigenvalue weighted by Gasteiger charge is -2.57. The Morgan fingerprint density at radius 2 is 1.87 bits per heavy atom. The molecule has 0 amide bonds. The molecule has 1 unspecified atom stereocenters. The normalized spacial score (nSPS) is 43.3. The van der Waals surface area contributed by atoms with Gasteiger partial charge in [0.1, 0.15) is 18.5 Å². The molecule has 4 rings (SSSR count). The molecule has 5 heteroatoms. The van der Waals surface area contributed by atoms with E-state index in [0.29, 0.717) is 30.1 Å². The van der Waals surface area contributed by atoms with Crippen molar-refractivity contribution in [3.63, 3.8) is 0 Å². The van der Waals surface area contributed by atoms with Gasteiger partial charge in [-0.2, -0.15) is 0 Å². The van der Waals surface area contributed by atoms with Crippen LogP contribution in [0.4, 0.5) is 0 Å². The zero-order chi connectivity index (χ0) is 21.7. The van der Waals surface area contributed by atoms with Crippen molar-refractivity contribution in [3.05, 3.63) is 11.6 Å². The van der Waals surface area contributed by atoms with Gasteiger partial charge in [0.25, 0.3) is 0 Å². The minimum absolute atomic E-state index is 0.0528. The van der Waals surface area contributed by atoms with Gasteiger partial charge in [-0.1, -0.05) is 18.6 Å². The number of carbonyl (C=O) groups is 3. The lowest BCUT2D eigenvalue weighted by molar-refractivity contribution is -0.154. The molecule has 4 aliphatic carbocycles. The lowest BCUT2D eigenvalue weighted by atomic mass is 9.47. The van der Waals surface area contributed by atoms with Gasteiger partial charge >= 0.3 is 11.9 Å². The number of aldehydes is 1. The Bertz CT molecular complexity index is 757. The van der Waals surface area contributed by atoms with Crippen molar-refractivity contribution in [1.82, 2.24) is 0 Å². The second-order valence-corrected chi connectivity index (χ2v) is 10.5. The fourth-order valence-electron chi connectivity index (χ4n) is 8.04. The standard InChI is InChI=1S/C25H36O5/c1-15(29-16(2)27)21-7-8-22-20-6-5-18-13-19(30-17(3)28)9-12-25(18,14-26)23(20)10-11-24(21,22)4/h5,14-15,19-23H,6-13H2,1-4H3/t15?,19-,20-,21+,22-,23-,24+,25+/m0/s1. The summed E-state index contributed by atoms with van der Waals surface area (Å²) in [7, 11) is 0. The molecule has 0 bridgehead atoms. The Morgan fingerprint density at radius 3 is 2.53 bits per heavy atom. The molecule has 0 aliphatic heterocycles. The molecule has 30 heavy (non-hydrogen) atoms. The summed E-state index contributed by atoms with van der Waals surface area (Å²) < 4.78 is 11.1. The van der Waals surface area contributed by atoms with E-state index >= 15 is 0 Å². The van der Waals surface area contributed by atoms with Crippen LogP contribution in [0.3, 0.4) is 0 Å². The van der Waals surface area contributed by atoms with E-state index in [1.165, 1.54) is 25.7 Å². The topological polar surface area (TPSA) is 69.7 Å². The lowest BCUT2D eigenvalue weighted by Crippen LogP contribution is -2.53. The summed E-state index contributed by atoms with van der Waals surface area (Å²) in [6.07, 6.45) is 11.1. The highest BCUT2D eigenvalue weighted by molar-refractivity contribution is 5.69. The predicted octanol–water partition coefficient (Wildman–Crippen LogP) is 4.63. The van der Waals surface area contributed by atoms with Crippen molar-refractivity contribution in [1.29, 1.82) is 0 Å². The van der Waals surface area contributed by atoms with Crippen LogP contribution in [0.15, 0.2) is 11.6 Å². The largest absolute Gasteiger partial charge is 0.463 e. The first kappa shape index (κ1) is 21.6. The number of allylic oxidation sites excluding steroid dienone is 1. The minimum Gasteiger partial charge on any atom is -0.463 e. The Morgan fingerprint density at radius 1 is 1.10 bits per heavy atom. The first-order valence-electron chi connectivity index (χ1n) is 11.7. The highest BCUT2D eigenvalue weighted by Gasteiger charge is 2.61.